The zero-order chi connectivity index (χ0) is 21.4. The van der Waals surface area contributed by atoms with Gasteiger partial charge in [0.15, 0.2) is 0 Å². The molecule has 1 saturated heterocycles. The fraction of sp³-hybridized carbons (Fsp3) is 0.250. The molecule has 0 aliphatic carbocycles. The monoisotopic (exact) mass is 435 g/mol. The van der Waals surface area contributed by atoms with E-state index in [-0.39, 0.29) is 17.6 Å². The number of hydrogen-bond donors (Lipinski definition) is 0. The Labute approximate surface area is 184 Å². The number of amides is 2. The highest BCUT2D eigenvalue weighted by Crippen LogP contribution is 2.33. The van der Waals surface area contributed by atoms with Crippen molar-refractivity contribution in [2.75, 3.05) is 31.1 Å². The van der Waals surface area contributed by atoms with Crippen molar-refractivity contribution in [3.63, 3.8) is 0 Å². The van der Waals surface area contributed by atoms with Crippen molar-refractivity contribution in [1.29, 1.82) is 0 Å². The number of rotatable bonds is 5. The topological polar surface area (TPSA) is 43.9 Å². The van der Waals surface area contributed by atoms with Crippen LogP contribution in [0, 0.1) is 5.82 Å². The Bertz CT molecular complexity index is 1120. The number of anilines is 1. The molecule has 0 radical (unpaired) electrons. The lowest BCUT2D eigenvalue weighted by Crippen LogP contribution is -2.46. The summed E-state index contributed by atoms with van der Waals surface area (Å²) in [6.07, 6.45) is 0. The van der Waals surface area contributed by atoms with Crippen LogP contribution in [0.25, 0.3) is 0 Å². The molecule has 0 bridgehead atoms. The van der Waals surface area contributed by atoms with Gasteiger partial charge in [-0.25, -0.2) is 4.39 Å². The number of fused-ring (bicyclic) bond motifs is 1. The van der Waals surface area contributed by atoms with Gasteiger partial charge < -0.3 is 4.90 Å². The van der Waals surface area contributed by atoms with Gasteiger partial charge in [0.05, 0.1) is 23.4 Å². The van der Waals surface area contributed by atoms with Gasteiger partial charge in [-0.2, -0.15) is 11.3 Å². The summed E-state index contributed by atoms with van der Waals surface area (Å²) in [5.41, 5.74) is 3.45. The Kier molecular flexibility index (Phi) is 5.29. The van der Waals surface area contributed by atoms with Crippen LogP contribution in [0.5, 0.6) is 0 Å². The summed E-state index contributed by atoms with van der Waals surface area (Å²) in [5, 5.41) is 3.90. The summed E-state index contributed by atoms with van der Waals surface area (Å²) in [4.78, 5) is 31.8. The number of nitrogens with zero attached hydrogens (tertiary/aromatic N) is 3. The second kappa shape index (κ2) is 8.24. The summed E-state index contributed by atoms with van der Waals surface area (Å²) >= 11 is 1.55. The number of carbonyl (C=O) groups is 2. The van der Waals surface area contributed by atoms with Crippen LogP contribution in [0.1, 0.15) is 31.8 Å². The van der Waals surface area contributed by atoms with E-state index in [1.54, 1.807) is 23.5 Å². The molecule has 158 valence electrons. The van der Waals surface area contributed by atoms with Gasteiger partial charge in [-0.05, 0) is 40.6 Å². The zero-order valence-electron chi connectivity index (χ0n) is 17.0. The summed E-state index contributed by atoms with van der Waals surface area (Å²) < 4.78 is 14.0. The van der Waals surface area contributed by atoms with Gasteiger partial charge in [-0.3, -0.25) is 19.4 Å². The third kappa shape index (κ3) is 3.75. The lowest BCUT2D eigenvalue weighted by atomic mass is 10.1. The maximum Gasteiger partial charge on any atom is 0.263 e. The van der Waals surface area contributed by atoms with Gasteiger partial charge in [0, 0.05) is 38.3 Å². The first-order chi connectivity index (χ1) is 15.1. The number of thiophene rings is 1. The Morgan fingerprint density at radius 2 is 1.68 bits per heavy atom. The van der Waals surface area contributed by atoms with Crippen LogP contribution >= 0.6 is 11.3 Å². The minimum absolute atomic E-state index is 0.180. The van der Waals surface area contributed by atoms with Gasteiger partial charge in [-0.1, -0.05) is 24.3 Å². The first-order valence-corrected chi connectivity index (χ1v) is 11.3. The fourth-order valence-electron chi connectivity index (χ4n) is 4.30. The standard InChI is InChI=1S/C24H22FN3O2S/c25-20-6-2-1-4-18(20)15-26-9-11-27(12-10-26)21-7-3-5-19-22(21)24(30)28(23(19)29)14-17-8-13-31-16-17/h1-8,13,16H,9-12,14-15H2. The van der Waals surface area contributed by atoms with Crippen molar-refractivity contribution in [1.82, 2.24) is 9.80 Å². The predicted octanol–water partition coefficient (Wildman–Crippen LogP) is 4.01. The summed E-state index contributed by atoms with van der Waals surface area (Å²) in [7, 11) is 0. The van der Waals surface area contributed by atoms with Crippen LogP contribution in [0.15, 0.2) is 59.3 Å². The van der Waals surface area contributed by atoms with E-state index in [0.29, 0.717) is 29.8 Å². The smallest absolute Gasteiger partial charge is 0.263 e. The maximum absolute atomic E-state index is 14.0. The van der Waals surface area contributed by atoms with Crippen molar-refractivity contribution in [2.45, 2.75) is 13.1 Å². The van der Waals surface area contributed by atoms with Gasteiger partial charge in [0.2, 0.25) is 0 Å². The van der Waals surface area contributed by atoms with E-state index in [1.807, 2.05) is 41.1 Å². The molecule has 0 spiro atoms. The Morgan fingerprint density at radius 3 is 2.42 bits per heavy atom. The molecule has 2 amide bonds. The predicted molar refractivity (Wildman–Crippen MR) is 119 cm³/mol. The van der Waals surface area contributed by atoms with Crippen molar-refractivity contribution in [3.8, 4) is 0 Å². The Balaban J connectivity index is 1.32. The molecule has 5 rings (SSSR count). The molecular formula is C24H22FN3O2S. The number of piperazine rings is 1. The number of hydrogen-bond acceptors (Lipinski definition) is 5. The lowest BCUT2D eigenvalue weighted by Gasteiger charge is -2.36. The Morgan fingerprint density at radius 1 is 0.871 bits per heavy atom. The van der Waals surface area contributed by atoms with E-state index in [9.17, 15) is 14.0 Å². The molecule has 5 nitrogen and oxygen atoms in total. The molecule has 2 aromatic carbocycles. The highest BCUT2D eigenvalue weighted by atomic mass is 32.1. The van der Waals surface area contributed by atoms with Crippen molar-refractivity contribution < 1.29 is 14.0 Å². The van der Waals surface area contributed by atoms with Gasteiger partial charge in [0.25, 0.3) is 11.8 Å². The second-order valence-corrected chi connectivity index (χ2v) is 8.66. The maximum atomic E-state index is 14.0. The molecule has 0 saturated carbocycles. The summed E-state index contributed by atoms with van der Waals surface area (Å²) in [5.74, 6) is -0.637. The first-order valence-electron chi connectivity index (χ1n) is 10.3. The minimum atomic E-state index is -0.230. The number of imide groups is 1. The van der Waals surface area contributed by atoms with Crippen LogP contribution in [0.4, 0.5) is 10.1 Å². The van der Waals surface area contributed by atoms with Crippen LogP contribution in [-0.2, 0) is 13.1 Å². The second-order valence-electron chi connectivity index (χ2n) is 7.88. The first kappa shape index (κ1) is 19.9. The quantitative estimate of drug-likeness (QED) is 0.568. The highest BCUT2D eigenvalue weighted by Gasteiger charge is 2.38. The van der Waals surface area contributed by atoms with Crippen molar-refractivity contribution >= 4 is 28.8 Å². The lowest BCUT2D eigenvalue weighted by molar-refractivity contribution is 0.0642. The van der Waals surface area contributed by atoms with Crippen LogP contribution in [-0.4, -0.2) is 47.8 Å². The van der Waals surface area contributed by atoms with E-state index in [2.05, 4.69) is 9.80 Å². The van der Waals surface area contributed by atoms with E-state index in [0.717, 1.165) is 37.4 Å². The molecule has 1 aromatic heterocycles. The molecule has 1 fully saturated rings. The van der Waals surface area contributed by atoms with Crippen LogP contribution in [0.3, 0.4) is 0 Å². The average Bonchev–Trinajstić information content (AvgIpc) is 3.39. The van der Waals surface area contributed by atoms with Crippen LogP contribution in [0.2, 0.25) is 0 Å². The number of benzene rings is 2. The highest BCUT2D eigenvalue weighted by molar-refractivity contribution is 7.07. The number of halogens is 1. The third-order valence-corrected chi connectivity index (χ3v) is 6.69. The summed E-state index contributed by atoms with van der Waals surface area (Å²) in [6, 6.07) is 14.3. The molecule has 3 heterocycles. The molecule has 3 aromatic rings. The zero-order valence-corrected chi connectivity index (χ0v) is 17.8. The molecule has 2 aliphatic heterocycles. The van der Waals surface area contributed by atoms with E-state index in [4.69, 9.17) is 0 Å². The van der Waals surface area contributed by atoms with Crippen molar-refractivity contribution in [2.24, 2.45) is 0 Å². The largest absolute Gasteiger partial charge is 0.368 e. The molecule has 31 heavy (non-hydrogen) atoms. The molecule has 2 aliphatic rings. The van der Waals surface area contributed by atoms with Crippen LogP contribution < -0.4 is 4.90 Å². The SMILES string of the molecule is O=C1c2cccc(N3CCN(Cc4ccccc4F)CC3)c2C(=O)N1Cc1ccsc1. The third-order valence-electron chi connectivity index (χ3n) is 5.96. The average molecular weight is 436 g/mol. The molecular weight excluding hydrogens is 413 g/mol. The molecule has 0 atom stereocenters. The summed E-state index contributed by atoms with van der Waals surface area (Å²) in [6.45, 7) is 3.83. The van der Waals surface area contributed by atoms with E-state index < -0.39 is 0 Å². The van der Waals surface area contributed by atoms with E-state index in [1.165, 1.54) is 11.0 Å². The molecule has 0 unspecified atom stereocenters. The molecule has 7 heteroatoms. The van der Waals surface area contributed by atoms with Crippen molar-refractivity contribution in [3.05, 3.63) is 87.4 Å². The van der Waals surface area contributed by atoms with E-state index >= 15 is 0 Å². The number of carbonyl (C=O) groups excluding carboxylic acids is 2. The Hall–Kier alpha value is -3.03. The normalized spacial score (nSPS) is 16.8. The van der Waals surface area contributed by atoms with Gasteiger partial charge >= 0.3 is 0 Å². The molecule has 0 N–H and O–H groups in total. The van der Waals surface area contributed by atoms with Gasteiger partial charge in [0.1, 0.15) is 5.82 Å². The minimum Gasteiger partial charge on any atom is -0.368 e. The van der Waals surface area contributed by atoms with Gasteiger partial charge in [-0.15, -0.1) is 0 Å². The fourth-order valence-corrected chi connectivity index (χ4v) is 4.96.